The number of benzene rings is 1. The monoisotopic (exact) mass is 234 g/mol. The van der Waals surface area contributed by atoms with Gasteiger partial charge in [0.15, 0.2) is 0 Å². The average molecular weight is 234 g/mol. The van der Waals surface area contributed by atoms with Crippen molar-refractivity contribution in [3.63, 3.8) is 0 Å². The summed E-state index contributed by atoms with van der Waals surface area (Å²) in [5.41, 5.74) is 7.44. The maximum Gasteiger partial charge on any atom is 0.347 e. The highest BCUT2D eigenvalue weighted by atomic mass is 32.1. The fourth-order valence-corrected chi connectivity index (χ4v) is 2.05. The molecule has 1 aromatic heterocycles. The number of carboxylic acids is 1. The van der Waals surface area contributed by atoms with Crippen LogP contribution in [0.1, 0.15) is 15.2 Å². The highest BCUT2D eigenvalue weighted by Crippen LogP contribution is 2.25. The van der Waals surface area contributed by atoms with Crippen molar-refractivity contribution in [3.05, 3.63) is 40.9 Å². The molecule has 0 amide bonds. The van der Waals surface area contributed by atoms with Crippen LogP contribution < -0.4 is 5.73 Å². The third-order valence-electron chi connectivity index (χ3n) is 2.15. The largest absolute Gasteiger partial charge is 0.477 e. The van der Waals surface area contributed by atoms with Gasteiger partial charge in [-0.05, 0) is 5.56 Å². The molecule has 0 bridgehead atoms. The molecule has 0 aliphatic carbocycles. The predicted octanol–water partition coefficient (Wildman–Crippen LogP) is 1.97. The first kappa shape index (κ1) is 10.8. The van der Waals surface area contributed by atoms with E-state index in [0.29, 0.717) is 11.6 Å². The van der Waals surface area contributed by atoms with Crippen molar-refractivity contribution < 1.29 is 9.90 Å². The molecule has 0 spiro atoms. The first-order chi connectivity index (χ1) is 7.70. The Bertz CT molecular complexity index is 505. The molecule has 4 nitrogen and oxygen atoms in total. The molecule has 0 radical (unpaired) electrons. The molecular weight excluding hydrogens is 224 g/mol. The van der Waals surface area contributed by atoms with E-state index in [9.17, 15) is 4.79 Å². The summed E-state index contributed by atoms with van der Waals surface area (Å²) in [4.78, 5) is 15.0. The zero-order valence-corrected chi connectivity index (χ0v) is 9.20. The zero-order chi connectivity index (χ0) is 11.5. The third-order valence-corrected chi connectivity index (χ3v) is 3.19. The number of rotatable bonds is 3. The summed E-state index contributed by atoms with van der Waals surface area (Å²) in [6.07, 6.45) is 1.37. The topological polar surface area (TPSA) is 76.2 Å². The quantitative estimate of drug-likeness (QED) is 0.851. The molecule has 5 heteroatoms. The summed E-state index contributed by atoms with van der Waals surface area (Å²) in [5, 5.41) is 9.49. The zero-order valence-electron chi connectivity index (χ0n) is 8.38. The first-order valence-electron chi connectivity index (χ1n) is 4.69. The molecule has 0 aliphatic rings. The second-order valence-corrected chi connectivity index (χ2v) is 4.27. The molecule has 3 N–H and O–H groups in total. The van der Waals surface area contributed by atoms with Gasteiger partial charge < -0.3 is 10.8 Å². The smallest absolute Gasteiger partial charge is 0.347 e. The summed E-state index contributed by atoms with van der Waals surface area (Å²) in [5.74, 6) is -0.942. The summed E-state index contributed by atoms with van der Waals surface area (Å²) in [7, 11) is 0. The number of aromatic carboxylic acids is 1. The summed E-state index contributed by atoms with van der Waals surface area (Å²) < 4.78 is 0. The number of carbonyl (C=O) groups is 1. The van der Waals surface area contributed by atoms with Gasteiger partial charge in [0.2, 0.25) is 0 Å². The Labute approximate surface area is 96.4 Å². The van der Waals surface area contributed by atoms with Gasteiger partial charge in [-0.1, -0.05) is 24.3 Å². The van der Waals surface area contributed by atoms with Crippen LogP contribution in [0.3, 0.4) is 0 Å². The van der Waals surface area contributed by atoms with Crippen LogP contribution in [0.15, 0.2) is 30.5 Å². The number of aromatic nitrogens is 1. The van der Waals surface area contributed by atoms with Crippen LogP contribution >= 0.6 is 11.3 Å². The van der Waals surface area contributed by atoms with Crippen LogP contribution in [0.5, 0.6) is 0 Å². The van der Waals surface area contributed by atoms with E-state index in [4.69, 9.17) is 10.8 Å². The van der Waals surface area contributed by atoms with Crippen LogP contribution in [0.2, 0.25) is 0 Å². The molecule has 0 saturated heterocycles. The number of hydrogen-bond donors (Lipinski definition) is 2. The van der Waals surface area contributed by atoms with E-state index in [0.717, 1.165) is 11.1 Å². The maximum atomic E-state index is 10.7. The van der Waals surface area contributed by atoms with Gasteiger partial charge in [-0.3, -0.25) is 0 Å². The van der Waals surface area contributed by atoms with E-state index in [-0.39, 0.29) is 4.88 Å². The third kappa shape index (κ3) is 2.10. The van der Waals surface area contributed by atoms with E-state index < -0.39 is 5.97 Å². The highest BCUT2D eigenvalue weighted by molar-refractivity contribution is 7.16. The van der Waals surface area contributed by atoms with Crippen molar-refractivity contribution in [2.45, 2.75) is 6.54 Å². The van der Waals surface area contributed by atoms with Gasteiger partial charge in [-0.25, -0.2) is 9.78 Å². The van der Waals surface area contributed by atoms with E-state index in [1.54, 1.807) is 0 Å². The Morgan fingerprint density at radius 2 is 2.06 bits per heavy atom. The minimum Gasteiger partial charge on any atom is -0.477 e. The number of thiazole rings is 1. The lowest BCUT2D eigenvalue weighted by molar-refractivity contribution is 0.0702. The van der Waals surface area contributed by atoms with E-state index in [1.807, 2.05) is 24.3 Å². The number of nitrogens with two attached hydrogens (primary N) is 1. The van der Waals surface area contributed by atoms with Crippen LogP contribution in [-0.4, -0.2) is 16.1 Å². The van der Waals surface area contributed by atoms with Crippen molar-refractivity contribution in [1.82, 2.24) is 4.98 Å². The Morgan fingerprint density at radius 3 is 2.56 bits per heavy atom. The molecule has 1 heterocycles. The average Bonchev–Trinajstić information content (AvgIpc) is 2.78. The molecule has 1 aromatic carbocycles. The lowest BCUT2D eigenvalue weighted by Gasteiger charge is -1.98. The Hall–Kier alpha value is -1.72. The molecule has 0 atom stereocenters. The van der Waals surface area contributed by atoms with E-state index in [2.05, 4.69) is 4.98 Å². The van der Waals surface area contributed by atoms with Crippen molar-refractivity contribution in [2.75, 3.05) is 0 Å². The summed E-state index contributed by atoms with van der Waals surface area (Å²) >= 11 is 1.17. The predicted molar refractivity (Wildman–Crippen MR) is 62.4 cm³/mol. The second kappa shape index (κ2) is 4.42. The highest BCUT2D eigenvalue weighted by Gasteiger charge is 2.09. The molecule has 0 aliphatic heterocycles. The van der Waals surface area contributed by atoms with Crippen molar-refractivity contribution in [1.29, 1.82) is 0 Å². The Morgan fingerprint density at radius 1 is 1.38 bits per heavy atom. The molecule has 0 unspecified atom stereocenters. The van der Waals surface area contributed by atoms with Crippen molar-refractivity contribution >= 4 is 17.3 Å². The molecule has 82 valence electrons. The molecular formula is C11H10N2O2S. The van der Waals surface area contributed by atoms with Gasteiger partial charge >= 0.3 is 5.97 Å². The molecule has 2 aromatic rings. The van der Waals surface area contributed by atoms with Gasteiger partial charge in [0.05, 0.1) is 6.20 Å². The standard InChI is InChI=1S/C11H10N2O2S/c12-5-7-1-3-8(4-2-7)10-13-6-9(16-10)11(14)15/h1-4,6H,5,12H2,(H,14,15). The molecule has 0 fully saturated rings. The SMILES string of the molecule is NCc1ccc(-c2ncc(C(=O)O)s2)cc1. The van der Waals surface area contributed by atoms with E-state index in [1.165, 1.54) is 17.5 Å². The fourth-order valence-electron chi connectivity index (χ4n) is 1.29. The lowest BCUT2D eigenvalue weighted by Crippen LogP contribution is -1.94. The molecule has 16 heavy (non-hydrogen) atoms. The summed E-state index contributed by atoms with van der Waals surface area (Å²) in [6.45, 7) is 0.499. The number of hydrogen-bond acceptors (Lipinski definition) is 4. The van der Waals surface area contributed by atoms with Crippen LogP contribution in [-0.2, 0) is 6.54 Å². The van der Waals surface area contributed by atoms with Gasteiger partial charge in [-0.2, -0.15) is 0 Å². The van der Waals surface area contributed by atoms with Gasteiger partial charge in [0.1, 0.15) is 9.88 Å². The van der Waals surface area contributed by atoms with Gasteiger partial charge in [-0.15, -0.1) is 11.3 Å². The second-order valence-electron chi connectivity index (χ2n) is 3.24. The fraction of sp³-hybridized carbons (Fsp3) is 0.0909. The molecule has 0 saturated carbocycles. The van der Waals surface area contributed by atoms with Crippen molar-refractivity contribution in [2.24, 2.45) is 5.73 Å². The minimum absolute atomic E-state index is 0.248. The minimum atomic E-state index is -0.942. The van der Waals surface area contributed by atoms with Crippen LogP contribution in [0, 0.1) is 0 Å². The number of nitrogens with zero attached hydrogens (tertiary/aromatic N) is 1. The molecule has 2 rings (SSSR count). The van der Waals surface area contributed by atoms with E-state index >= 15 is 0 Å². The number of carboxylic acid groups (broad SMARTS) is 1. The lowest BCUT2D eigenvalue weighted by atomic mass is 10.1. The van der Waals surface area contributed by atoms with Crippen LogP contribution in [0.4, 0.5) is 0 Å². The first-order valence-corrected chi connectivity index (χ1v) is 5.51. The van der Waals surface area contributed by atoms with Gasteiger partial charge in [0, 0.05) is 12.1 Å². The Balaban J connectivity index is 2.31. The van der Waals surface area contributed by atoms with Crippen LogP contribution in [0.25, 0.3) is 10.6 Å². The summed E-state index contributed by atoms with van der Waals surface area (Å²) in [6, 6.07) is 7.62. The van der Waals surface area contributed by atoms with Crippen molar-refractivity contribution in [3.8, 4) is 10.6 Å². The van der Waals surface area contributed by atoms with Gasteiger partial charge in [0.25, 0.3) is 0 Å². The Kier molecular flexibility index (Phi) is 2.98. The normalized spacial score (nSPS) is 10.3. The maximum absolute atomic E-state index is 10.7.